The van der Waals surface area contributed by atoms with Crippen molar-refractivity contribution in [2.75, 3.05) is 5.73 Å². The summed E-state index contributed by atoms with van der Waals surface area (Å²) in [5, 5.41) is 13.4. The molecule has 0 bridgehead atoms. The second kappa shape index (κ2) is 6.24. The highest BCUT2D eigenvalue weighted by Crippen LogP contribution is 2.31. The average Bonchev–Trinajstić information content (AvgIpc) is 3.09. The highest BCUT2D eigenvalue weighted by atomic mass is 16.1. The van der Waals surface area contributed by atoms with Crippen LogP contribution in [-0.4, -0.2) is 25.5 Å². The van der Waals surface area contributed by atoms with E-state index < -0.39 is 5.91 Å². The van der Waals surface area contributed by atoms with E-state index in [0.29, 0.717) is 28.2 Å². The number of hydrogen-bond donors (Lipinski definition) is 2. The summed E-state index contributed by atoms with van der Waals surface area (Å²) in [5.41, 5.74) is 14.9. The lowest BCUT2D eigenvalue weighted by Crippen LogP contribution is -2.10. The van der Waals surface area contributed by atoms with Gasteiger partial charge in [0.15, 0.2) is 11.6 Å². The molecule has 4 aromatic rings. The molecule has 2 aromatic carbocycles. The Morgan fingerprint density at radius 1 is 1.11 bits per heavy atom. The maximum Gasteiger partial charge on any atom is 0.248 e. The van der Waals surface area contributed by atoms with Crippen LogP contribution in [0.25, 0.3) is 28.2 Å². The molecule has 0 aliphatic rings. The number of rotatable bonds is 3. The lowest BCUT2D eigenvalue weighted by atomic mass is 10.1. The SMILES string of the molecule is N#Cc1cccc(-c2nc(-c3ccc(C(N)=O)cc3)c3c(N)ncnn23)c1. The number of nitrogens with zero attached hydrogens (tertiary/aromatic N) is 5. The van der Waals surface area contributed by atoms with Gasteiger partial charge in [-0.2, -0.15) is 10.4 Å². The molecule has 4 N–H and O–H groups in total. The molecule has 0 atom stereocenters. The Morgan fingerprint density at radius 3 is 2.59 bits per heavy atom. The molecule has 27 heavy (non-hydrogen) atoms. The zero-order valence-corrected chi connectivity index (χ0v) is 14.0. The van der Waals surface area contributed by atoms with Crippen molar-refractivity contribution < 1.29 is 4.79 Å². The molecule has 8 nitrogen and oxygen atoms in total. The summed E-state index contributed by atoms with van der Waals surface area (Å²) in [7, 11) is 0. The van der Waals surface area contributed by atoms with E-state index in [1.807, 2.05) is 6.07 Å². The summed E-state index contributed by atoms with van der Waals surface area (Å²) < 4.78 is 1.59. The predicted octanol–water partition coefficient (Wildman–Crippen LogP) is 2.01. The molecule has 0 radical (unpaired) electrons. The number of benzene rings is 2. The average molecular weight is 355 g/mol. The molecule has 0 aliphatic carbocycles. The first-order valence-corrected chi connectivity index (χ1v) is 7.98. The second-order valence-corrected chi connectivity index (χ2v) is 5.82. The van der Waals surface area contributed by atoms with Crippen molar-refractivity contribution in [1.82, 2.24) is 19.6 Å². The molecule has 4 rings (SSSR count). The third-order valence-corrected chi connectivity index (χ3v) is 4.15. The Morgan fingerprint density at radius 2 is 1.89 bits per heavy atom. The monoisotopic (exact) mass is 355 g/mol. The number of imidazole rings is 1. The molecule has 0 aliphatic heterocycles. The topological polar surface area (TPSA) is 136 Å². The molecule has 0 fully saturated rings. The minimum absolute atomic E-state index is 0.272. The summed E-state index contributed by atoms with van der Waals surface area (Å²) in [4.78, 5) is 20.1. The van der Waals surface area contributed by atoms with E-state index in [-0.39, 0.29) is 5.82 Å². The Kier molecular flexibility index (Phi) is 3.75. The molecule has 0 saturated heterocycles. The summed E-state index contributed by atoms with van der Waals surface area (Å²) in [6, 6.07) is 15.9. The smallest absolute Gasteiger partial charge is 0.248 e. The van der Waals surface area contributed by atoms with Crippen molar-refractivity contribution >= 4 is 17.2 Å². The molecule has 1 amide bonds. The number of nitrogen functional groups attached to an aromatic ring is 1. The first kappa shape index (κ1) is 16.2. The van der Waals surface area contributed by atoms with Crippen molar-refractivity contribution in [1.29, 1.82) is 5.26 Å². The van der Waals surface area contributed by atoms with Crippen molar-refractivity contribution in [3.8, 4) is 28.7 Å². The fourth-order valence-electron chi connectivity index (χ4n) is 2.86. The number of nitrogens with two attached hydrogens (primary N) is 2. The van der Waals surface area contributed by atoms with Gasteiger partial charge in [0.2, 0.25) is 5.91 Å². The third kappa shape index (κ3) is 2.73. The van der Waals surface area contributed by atoms with Crippen molar-refractivity contribution in [2.24, 2.45) is 5.73 Å². The van der Waals surface area contributed by atoms with E-state index in [1.54, 1.807) is 47.0 Å². The van der Waals surface area contributed by atoms with Gasteiger partial charge in [-0.3, -0.25) is 4.79 Å². The van der Waals surface area contributed by atoms with Crippen LogP contribution in [0.15, 0.2) is 54.9 Å². The van der Waals surface area contributed by atoms with Crippen molar-refractivity contribution in [3.05, 3.63) is 66.0 Å². The number of aromatic nitrogens is 4. The van der Waals surface area contributed by atoms with Crippen LogP contribution in [0.4, 0.5) is 5.82 Å². The highest BCUT2D eigenvalue weighted by molar-refractivity contribution is 5.94. The van der Waals surface area contributed by atoms with Crippen LogP contribution in [0.5, 0.6) is 0 Å². The quantitative estimate of drug-likeness (QED) is 0.577. The Labute approximate surface area is 153 Å². The molecule has 8 heteroatoms. The van der Waals surface area contributed by atoms with Crippen LogP contribution in [0, 0.1) is 11.3 Å². The van der Waals surface area contributed by atoms with E-state index in [0.717, 1.165) is 11.1 Å². The van der Waals surface area contributed by atoms with Gasteiger partial charge in [-0.15, -0.1) is 0 Å². The first-order chi connectivity index (χ1) is 13.1. The van der Waals surface area contributed by atoms with Gasteiger partial charge in [0.25, 0.3) is 0 Å². The van der Waals surface area contributed by atoms with Crippen molar-refractivity contribution in [2.45, 2.75) is 0 Å². The van der Waals surface area contributed by atoms with Gasteiger partial charge in [-0.1, -0.05) is 24.3 Å². The van der Waals surface area contributed by atoms with Crippen molar-refractivity contribution in [3.63, 3.8) is 0 Å². The number of carbonyl (C=O) groups excluding carboxylic acids is 1. The van der Waals surface area contributed by atoms with E-state index in [1.165, 1.54) is 6.33 Å². The van der Waals surface area contributed by atoms with Crippen LogP contribution >= 0.6 is 0 Å². The predicted molar refractivity (Wildman–Crippen MR) is 99.3 cm³/mol. The van der Waals surface area contributed by atoms with Gasteiger partial charge in [-0.05, 0) is 24.3 Å². The number of nitriles is 1. The maximum absolute atomic E-state index is 11.3. The largest absolute Gasteiger partial charge is 0.382 e. The number of hydrogen-bond acceptors (Lipinski definition) is 6. The molecule has 0 spiro atoms. The van der Waals surface area contributed by atoms with Gasteiger partial charge in [0.1, 0.15) is 17.5 Å². The first-order valence-electron chi connectivity index (χ1n) is 7.98. The lowest BCUT2D eigenvalue weighted by molar-refractivity contribution is 0.100. The maximum atomic E-state index is 11.3. The van der Waals surface area contributed by atoms with E-state index in [2.05, 4.69) is 16.2 Å². The summed E-state index contributed by atoms with van der Waals surface area (Å²) in [6.45, 7) is 0. The Hall–Kier alpha value is -4.25. The van der Waals surface area contributed by atoms with Crippen LogP contribution in [0.1, 0.15) is 15.9 Å². The van der Waals surface area contributed by atoms with E-state index in [9.17, 15) is 4.79 Å². The third-order valence-electron chi connectivity index (χ3n) is 4.15. The molecular formula is C19H13N7O. The molecule has 0 saturated carbocycles. The Balaban J connectivity index is 1.97. The lowest BCUT2D eigenvalue weighted by Gasteiger charge is -2.02. The number of amides is 1. The van der Waals surface area contributed by atoms with E-state index in [4.69, 9.17) is 21.7 Å². The van der Waals surface area contributed by atoms with Crippen LogP contribution in [0.3, 0.4) is 0 Å². The van der Waals surface area contributed by atoms with Crippen LogP contribution < -0.4 is 11.5 Å². The van der Waals surface area contributed by atoms with Gasteiger partial charge in [0, 0.05) is 16.7 Å². The van der Waals surface area contributed by atoms with Crippen LogP contribution in [0.2, 0.25) is 0 Å². The number of fused-ring (bicyclic) bond motifs is 1. The molecule has 0 unspecified atom stereocenters. The van der Waals surface area contributed by atoms with Gasteiger partial charge < -0.3 is 11.5 Å². The molecule has 2 heterocycles. The highest BCUT2D eigenvalue weighted by Gasteiger charge is 2.18. The fraction of sp³-hybridized carbons (Fsp3) is 0. The minimum Gasteiger partial charge on any atom is -0.382 e. The number of anilines is 1. The minimum atomic E-state index is -0.506. The zero-order valence-electron chi connectivity index (χ0n) is 14.0. The summed E-state index contributed by atoms with van der Waals surface area (Å²) >= 11 is 0. The van der Waals surface area contributed by atoms with Gasteiger partial charge >= 0.3 is 0 Å². The van der Waals surface area contributed by atoms with Gasteiger partial charge in [-0.25, -0.2) is 14.5 Å². The zero-order chi connectivity index (χ0) is 19.0. The normalized spacial score (nSPS) is 10.6. The van der Waals surface area contributed by atoms with E-state index >= 15 is 0 Å². The second-order valence-electron chi connectivity index (χ2n) is 5.82. The number of primary amides is 1. The number of carbonyl (C=O) groups is 1. The molecule has 2 aromatic heterocycles. The fourth-order valence-corrected chi connectivity index (χ4v) is 2.86. The Bertz CT molecular complexity index is 1220. The standard InChI is InChI=1S/C19H13N7O/c20-9-11-2-1-3-14(8-11)19-25-15(16-17(21)23-10-24-26(16)19)12-4-6-13(7-5-12)18(22)27/h1-8,10H,(H2,22,27)(H2,21,23,24). The summed E-state index contributed by atoms with van der Waals surface area (Å²) in [6.07, 6.45) is 1.35. The summed E-state index contributed by atoms with van der Waals surface area (Å²) in [5.74, 6) is 0.299. The van der Waals surface area contributed by atoms with Gasteiger partial charge in [0.05, 0.1) is 11.6 Å². The molecule has 130 valence electrons. The molecular weight excluding hydrogens is 342 g/mol. The van der Waals surface area contributed by atoms with Crippen LogP contribution in [-0.2, 0) is 0 Å².